The number of aromatic nitrogens is 3. The van der Waals surface area contributed by atoms with Crippen LogP contribution in [-0.2, 0) is 16.4 Å². The summed E-state index contributed by atoms with van der Waals surface area (Å²) < 4.78 is 27.0. The van der Waals surface area contributed by atoms with E-state index in [2.05, 4.69) is 19.9 Å². The molecular formula is C11H14N4O4S2. The highest BCUT2D eigenvalue weighted by atomic mass is 32.2. The number of hydrogen-bond acceptors (Lipinski definition) is 6. The minimum absolute atomic E-state index is 0.156. The molecule has 0 atom stereocenters. The number of aromatic amines is 1. The smallest absolute Gasteiger partial charge is 0.357 e. The van der Waals surface area contributed by atoms with Crippen LogP contribution in [0.15, 0.2) is 4.90 Å². The first kappa shape index (κ1) is 15.4. The van der Waals surface area contributed by atoms with Crippen molar-refractivity contribution in [1.82, 2.24) is 15.2 Å². The fraction of sp³-hybridized carbons (Fsp3) is 0.364. The number of carbonyl (C=O) groups is 1. The summed E-state index contributed by atoms with van der Waals surface area (Å²) in [5, 5.41) is 15.1. The van der Waals surface area contributed by atoms with Gasteiger partial charge in [0, 0.05) is 4.88 Å². The first-order valence-electron chi connectivity index (χ1n) is 6.03. The van der Waals surface area contributed by atoms with Crippen LogP contribution in [0.3, 0.4) is 0 Å². The van der Waals surface area contributed by atoms with Crippen molar-refractivity contribution in [3.8, 4) is 0 Å². The lowest BCUT2D eigenvalue weighted by atomic mass is 10.3. The Labute approximate surface area is 125 Å². The number of carboxylic acid groups (broad SMARTS) is 1. The third-order valence-corrected chi connectivity index (χ3v) is 5.37. The van der Waals surface area contributed by atoms with Crippen LogP contribution >= 0.6 is 11.3 Å². The molecule has 0 aliphatic carbocycles. The third kappa shape index (κ3) is 2.90. The van der Waals surface area contributed by atoms with E-state index in [1.165, 1.54) is 18.3 Å². The molecule has 8 nitrogen and oxygen atoms in total. The molecule has 2 heterocycles. The number of thiazole rings is 1. The second-order valence-corrected chi connectivity index (χ2v) is 7.13. The molecule has 0 unspecified atom stereocenters. The van der Waals surface area contributed by atoms with Gasteiger partial charge in [0.15, 0.2) is 10.8 Å². The lowest BCUT2D eigenvalue weighted by molar-refractivity contribution is 0.0686. The van der Waals surface area contributed by atoms with Crippen molar-refractivity contribution in [3.05, 3.63) is 22.0 Å². The average Bonchev–Trinajstić information content (AvgIpc) is 2.92. The van der Waals surface area contributed by atoms with E-state index in [1.54, 1.807) is 0 Å². The molecule has 0 saturated carbocycles. The number of carboxylic acids is 1. The van der Waals surface area contributed by atoms with Crippen LogP contribution in [0.5, 0.6) is 0 Å². The Hall–Kier alpha value is -1.94. The zero-order chi connectivity index (χ0) is 15.8. The maximum absolute atomic E-state index is 12.3. The first-order chi connectivity index (χ1) is 9.76. The van der Waals surface area contributed by atoms with E-state index in [0.717, 1.165) is 10.6 Å². The molecule has 0 radical (unpaired) electrons. The molecule has 0 aliphatic rings. The van der Waals surface area contributed by atoms with Crippen LogP contribution in [0.4, 0.5) is 5.13 Å². The lowest BCUT2D eigenvalue weighted by Gasteiger charge is -2.04. The number of aryl methyl sites for hydroxylation is 3. The van der Waals surface area contributed by atoms with Gasteiger partial charge in [0.2, 0.25) is 0 Å². The molecule has 0 saturated heterocycles. The third-order valence-electron chi connectivity index (χ3n) is 2.81. The van der Waals surface area contributed by atoms with E-state index in [4.69, 9.17) is 5.11 Å². The van der Waals surface area contributed by atoms with Gasteiger partial charge in [0.1, 0.15) is 4.90 Å². The lowest BCUT2D eigenvalue weighted by Crippen LogP contribution is -2.17. The summed E-state index contributed by atoms with van der Waals surface area (Å²) in [6.45, 7) is 5.21. The maximum atomic E-state index is 12.3. The second kappa shape index (κ2) is 5.45. The van der Waals surface area contributed by atoms with Crippen LogP contribution in [0.25, 0.3) is 0 Å². The summed E-state index contributed by atoms with van der Waals surface area (Å²) in [5.74, 6) is -1.41. The standard InChI is InChI=1S/C11H14N4O4S2/c1-4-7-6(3)20-11(12-7)15-21(18,19)9-5(2)13-14-8(9)10(16)17/h4H2,1-3H3,(H,12,15)(H,13,14)(H,16,17). The van der Waals surface area contributed by atoms with E-state index in [1.807, 2.05) is 13.8 Å². The fourth-order valence-electron chi connectivity index (χ4n) is 1.86. The van der Waals surface area contributed by atoms with E-state index >= 15 is 0 Å². The van der Waals surface area contributed by atoms with Gasteiger partial charge in [-0.15, -0.1) is 11.3 Å². The number of sulfonamides is 1. The Bertz CT molecular complexity index is 791. The summed E-state index contributed by atoms with van der Waals surface area (Å²) in [5.41, 5.74) is 0.424. The molecule has 10 heteroatoms. The van der Waals surface area contributed by atoms with E-state index in [-0.39, 0.29) is 15.7 Å². The molecule has 3 N–H and O–H groups in total. The van der Waals surface area contributed by atoms with Crippen molar-refractivity contribution in [2.24, 2.45) is 0 Å². The van der Waals surface area contributed by atoms with Gasteiger partial charge in [0.25, 0.3) is 10.0 Å². The molecule has 2 aromatic rings. The van der Waals surface area contributed by atoms with Gasteiger partial charge in [-0.2, -0.15) is 5.10 Å². The van der Waals surface area contributed by atoms with Crippen LogP contribution in [0, 0.1) is 13.8 Å². The molecule has 0 spiro atoms. The topological polar surface area (TPSA) is 125 Å². The van der Waals surface area contributed by atoms with Gasteiger partial charge in [0.05, 0.1) is 11.4 Å². The average molecular weight is 330 g/mol. The highest BCUT2D eigenvalue weighted by Gasteiger charge is 2.29. The van der Waals surface area contributed by atoms with Crippen LogP contribution in [0.1, 0.15) is 33.7 Å². The van der Waals surface area contributed by atoms with Gasteiger partial charge in [-0.25, -0.2) is 18.2 Å². The number of aromatic carboxylic acids is 1. The van der Waals surface area contributed by atoms with E-state index in [0.29, 0.717) is 6.42 Å². The monoisotopic (exact) mass is 330 g/mol. The quantitative estimate of drug-likeness (QED) is 0.763. The number of H-pyrrole nitrogens is 1. The summed E-state index contributed by atoms with van der Waals surface area (Å²) in [6, 6.07) is 0. The maximum Gasteiger partial charge on any atom is 0.357 e. The van der Waals surface area contributed by atoms with Gasteiger partial charge in [-0.1, -0.05) is 6.92 Å². The highest BCUT2D eigenvalue weighted by Crippen LogP contribution is 2.26. The minimum atomic E-state index is -4.06. The largest absolute Gasteiger partial charge is 0.476 e. The molecular weight excluding hydrogens is 316 g/mol. The fourth-order valence-corrected chi connectivity index (χ4v) is 4.32. The van der Waals surface area contributed by atoms with Crippen molar-refractivity contribution in [2.45, 2.75) is 32.1 Å². The highest BCUT2D eigenvalue weighted by molar-refractivity contribution is 7.93. The van der Waals surface area contributed by atoms with E-state index in [9.17, 15) is 13.2 Å². The van der Waals surface area contributed by atoms with Gasteiger partial charge in [-0.05, 0) is 20.3 Å². The van der Waals surface area contributed by atoms with Crippen LogP contribution in [0.2, 0.25) is 0 Å². The van der Waals surface area contributed by atoms with Gasteiger partial charge >= 0.3 is 5.97 Å². The normalized spacial score (nSPS) is 11.6. The Morgan fingerprint density at radius 2 is 2.10 bits per heavy atom. The summed E-state index contributed by atoms with van der Waals surface area (Å²) >= 11 is 1.20. The Balaban J connectivity index is 2.43. The van der Waals surface area contributed by atoms with Crippen molar-refractivity contribution in [3.63, 3.8) is 0 Å². The number of nitrogens with one attached hydrogen (secondary N) is 2. The summed E-state index contributed by atoms with van der Waals surface area (Å²) in [4.78, 5) is 15.8. The predicted octanol–water partition coefficient (Wildman–Crippen LogP) is 1.54. The summed E-state index contributed by atoms with van der Waals surface area (Å²) in [7, 11) is -4.06. The molecule has 0 aliphatic heterocycles. The van der Waals surface area contributed by atoms with Crippen molar-refractivity contribution >= 4 is 32.5 Å². The van der Waals surface area contributed by atoms with Crippen LogP contribution < -0.4 is 4.72 Å². The molecule has 0 fully saturated rings. The Morgan fingerprint density at radius 3 is 2.62 bits per heavy atom. The Kier molecular flexibility index (Phi) is 4.01. The molecule has 114 valence electrons. The predicted molar refractivity (Wildman–Crippen MR) is 77.3 cm³/mol. The molecule has 0 amide bonds. The number of hydrogen-bond donors (Lipinski definition) is 3. The van der Waals surface area contributed by atoms with Crippen molar-refractivity contribution < 1.29 is 18.3 Å². The molecule has 0 aromatic carbocycles. The van der Waals surface area contributed by atoms with E-state index < -0.39 is 21.7 Å². The molecule has 2 rings (SSSR count). The molecule has 0 bridgehead atoms. The SMILES string of the molecule is CCc1nc(NS(=O)(=O)c2c(C(=O)O)n[nH]c2C)sc1C. The second-order valence-electron chi connectivity index (χ2n) is 4.31. The number of rotatable bonds is 5. The first-order valence-corrected chi connectivity index (χ1v) is 8.33. The number of anilines is 1. The minimum Gasteiger partial charge on any atom is -0.476 e. The Morgan fingerprint density at radius 1 is 1.43 bits per heavy atom. The van der Waals surface area contributed by atoms with Crippen LogP contribution in [-0.4, -0.2) is 34.7 Å². The molecule has 2 aromatic heterocycles. The molecule has 21 heavy (non-hydrogen) atoms. The van der Waals surface area contributed by atoms with Gasteiger partial charge < -0.3 is 5.11 Å². The van der Waals surface area contributed by atoms with Crippen molar-refractivity contribution in [1.29, 1.82) is 0 Å². The van der Waals surface area contributed by atoms with Gasteiger partial charge in [-0.3, -0.25) is 9.82 Å². The zero-order valence-electron chi connectivity index (χ0n) is 11.6. The number of nitrogens with zero attached hydrogens (tertiary/aromatic N) is 2. The zero-order valence-corrected chi connectivity index (χ0v) is 13.2. The summed E-state index contributed by atoms with van der Waals surface area (Å²) in [6.07, 6.45) is 0.690. The van der Waals surface area contributed by atoms with Crippen molar-refractivity contribution in [2.75, 3.05) is 4.72 Å².